The Balaban J connectivity index is 0.00000220. The van der Waals surface area contributed by atoms with Gasteiger partial charge in [-0.15, -0.1) is 12.4 Å². The first kappa shape index (κ1) is 18.0. The number of piperidine rings is 1. The van der Waals surface area contributed by atoms with Crippen LogP contribution in [0.5, 0.6) is 0 Å². The van der Waals surface area contributed by atoms with Crippen LogP contribution in [0.3, 0.4) is 0 Å². The van der Waals surface area contributed by atoms with Crippen molar-refractivity contribution >= 4 is 18.3 Å². The normalized spacial score (nSPS) is 21.8. The third-order valence-electron chi connectivity index (χ3n) is 4.43. The second kappa shape index (κ2) is 8.40. The zero-order valence-corrected chi connectivity index (χ0v) is 13.9. The lowest BCUT2D eigenvalue weighted by Gasteiger charge is -2.39. The molecule has 1 saturated heterocycles. The monoisotopic (exact) mass is 310 g/mol. The molecule has 1 aromatic carbocycles. The third kappa shape index (κ3) is 4.72. The summed E-state index contributed by atoms with van der Waals surface area (Å²) in [6.07, 6.45) is 3.70. The van der Waals surface area contributed by atoms with Crippen LogP contribution in [-0.4, -0.2) is 29.9 Å². The Bertz CT molecular complexity index is 447. The molecule has 0 aliphatic carbocycles. The highest BCUT2D eigenvalue weighted by atomic mass is 35.5. The molecule has 1 aliphatic rings. The van der Waals surface area contributed by atoms with E-state index in [1.54, 1.807) is 0 Å². The van der Waals surface area contributed by atoms with E-state index in [9.17, 15) is 4.79 Å². The standard InChI is InChI=1S/C17H26N2O.ClH/c1-13-5-7-15(8-6-13)9-10-17(20)19-11-3-4-14(2)16(19)12-18;/h5-8,14,16H,3-4,9-12,18H2,1-2H3;1H. The minimum atomic E-state index is 0. The molecular weight excluding hydrogens is 284 g/mol. The number of hydrogen-bond donors (Lipinski definition) is 1. The van der Waals surface area contributed by atoms with Crippen molar-refractivity contribution < 1.29 is 4.79 Å². The highest BCUT2D eigenvalue weighted by molar-refractivity contribution is 5.85. The number of rotatable bonds is 4. The van der Waals surface area contributed by atoms with Gasteiger partial charge < -0.3 is 10.6 Å². The fourth-order valence-electron chi connectivity index (χ4n) is 3.07. The van der Waals surface area contributed by atoms with Gasteiger partial charge in [0.25, 0.3) is 0 Å². The second-order valence-corrected chi connectivity index (χ2v) is 6.00. The summed E-state index contributed by atoms with van der Waals surface area (Å²) in [5.74, 6) is 0.782. The molecule has 0 bridgehead atoms. The van der Waals surface area contributed by atoms with Crippen molar-refractivity contribution in [1.82, 2.24) is 4.90 Å². The molecule has 21 heavy (non-hydrogen) atoms. The summed E-state index contributed by atoms with van der Waals surface area (Å²) >= 11 is 0. The van der Waals surface area contributed by atoms with Gasteiger partial charge in [-0.05, 0) is 37.7 Å². The number of nitrogens with two attached hydrogens (primary N) is 1. The maximum absolute atomic E-state index is 12.4. The Morgan fingerprint density at radius 1 is 1.33 bits per heavy atom. The third-order valence-corrected chi connectivity index (χ3v) is 4.43. The SMILES string of the molecule is Cc1ccc(CCC(=O)N2CCCC(C)C2CN)cc1.Cl. The number of carbonyl (C=O) groups is 1. The zero-order chi connectivity index (χ0) is 14.5. The van der Waals surface area contributed by atoms with E-state index in [2.05, 4.69) is 38.1 Å². The van der Waals surface area contributed by atoms with Crippen molar-refractivity contribution in [3.8, 4) is 0 Å². The molecule has 3 nitrogen and oxygen atoms in total. The fraction of sp³-hybridized carbons (Fsp3) is 0.588. The van der Waals surface area contributed by atoms with Crippen LogP contribution in [0.25, 0.3) is 0 Å². The van der Waals surface area contributed by atoms with Crippen LogP contribution in [-0.2, 0) is 11.2 Å². The van der Waals surface area contributed by atoms with E-state index in [0.717, 1.165) is 19.4 Å². The largest absolute Gasteiger partial charge is 0.338 e. The van der Waals surface area contributed by atoms with Crippen LogP contribution in [0.4, 0.5) is 0 Å². The Kier molecular flexibility index (Phi) is 7.20. The zero-order valence-electron chi connectivity index (χ0n) is 13.0. The molecule has 0 aromatic heterocycles. The number of nitrogens with zero attached hydrogens (tertiary/aromatic N) is 1. The maximum atomic E-state index is 12.4. The highest BCUT2D eigenvalue weighted by Crippen LogP contribution is 2.23. The molecule has 1 aromatic rings. The summed E-state index contributed by atoms with van der Waals surface area (Å²) in [6, 6.07) is 8.66. The van der Waals surface area contributed by atoms with E-state index in [1.807, 2.05) is 4.90 Å². The number of aryl methyl sites for hydroxylation is 2. The topological polar surface area (TPSA) is 46.3 Å². The molecule has 0 radical (unpaired) electrons. The lowest BCUT2D eigenvalue weighted by atomic mass is 9.90. The predicted octanol–water partition coefficient (Wildman–Crippen LogP) is 2.94. The van der Waals surface area contributed by atoms with Crippen molar-refractivity contribution in [3.05, 3.63) is 35.4 Å². The summed E-state index contributed by atoms with van der Waals surface area (Å²) in [4.78, 5) is 14.4. The van der Waals surface area contributed by atoms with E-state index < -0.39 is 0 Å². The summed E-state index contributed by atoms with van der Waals surface area (Å²) in [5, 5.41) is 0. The molecule has 0 spiro atoms. The number of amides is 1. The number of hydrogen-bond acceptors (Lipinski definition) is 2. The van der Waals surface area contributed by atoms with Gasteiger partial charge in [-0.1, -0.05) is 36.8 Å². The molecule has 4 heteroatoms. The average Bonchev–Trinajstić information content (AvgIpc) is 2.46. The molecule has 0 saturated carbocycles. The van der Waals surface area contributed by atoms with Crippen molar-refractivity contribution in [2.45, 2.75) is 45.6 Å². The van der Waals surface area contributed by atoms with Crippen LogP contribution in [0.15, 0.2) is 24.3 Å². The van der Waals surface area contributed by atoms with Crippen LogP contribution < -0.4 is 5.73 Å². The summed E-state index contributed by atoms with van der Waals surface area (Å²) in [5.41, 5.74) is 8.34. The first-order valence-corrected chi connectivity index (χ1v) is 7.67. The van der Waals surface area contributed by atoms with Gasteiger partial charge in [0.1, 0.15) is 0 Å². The lowest BCUT2D eigenvalue weighted by molar-refractivity contribution is -0.136. The molecule has 1 fully saturated rings. The number of benzene rings is 1. The van der Waals surface area contributed by atoms with Gasteiger partial charge in [0.15, 0.2) is 0 Å². The van der Waals surface area contributed by atoms with Crippen molar-refractivity contribution in [2.24, 2.45) is 11.7 Å². The number of likely N-dealkylation sites (tertiary alicyclic amines) is 1. The van der Waals surface area contributed by atoms with E-state index in [-0.39, 0.29) is 24.4 Å². The van der Waals surface area contributed by atoms with Crippen molar-refractivity contribution in [1.29, 1.82) is 0 Å². The van der Waals surface area contributed by atoms with E-state index >= 15 is 0 Å². The summed E-state index contributed by atoms with van der Waals surface area (Å²) < 4.78 is 0. The maximum Gasteiger partial charge on any atom is 0.223 e. The molecule has 2 rings (SSSR count). The average molecular weight is 311 g/mol. The smallest absolute Gasteiger partial charge is 0.223 e. The van der Waals surface area contributed by atoms with Gasteiger partial charge >= 0.3 is 0 Å². The molecule has 2 N–H and O–H groups in total. The first-order valence-electron chi connectivity index (χ1n) is 7.67. The quantitative estimate of drug-likeness (QED) is 0.929. The van der Waals surface area contributed by atoms with Gasteiger partial charge in [-0.3, -0.25) is 4.79 Å². The first-order chi connectivity index (χ1) is 9.61. The Hall–Kier alpha value is -1.06. The van der Waals surface area contributed by atoms with Crippen LogP contribution >= 0.6 is 12.4 Å². The van der Waals surface area contributed by atoms with Crippen molar-refractivity contribution in [2.75, 3.05) is 13.1 Å². The van der Waals surface area contributed by atoms with Gasteiger partial charge in [0.05, 0.1) is 0 Å². The van der Waals surface area contributed by atoms with Gasteiger partial charge in [-0.2, -0.15) is 0 Å². The van der Waals surface area contributed by atoms with E-state index in [0.29, 0.717) is 18.9 Å². The highest BCUT2D eigenvalue weighted by Gasteiger charge is 2.30. The number of halogens is 1. The molecule has 1 amide bonds. The molecule has 1 aliphatic heterocycles. The Morgan fingerprint density at radius 3 is 2.62 bits per heavy atom. The second-order valence-electron chi connectivity index (χ2n) is 6.00. The fourth-order valence-corrected chi connectivity index (χ4v) is 3.07. The predicted molar refractivity (Wildman–Crippen MR) is 89.7 cm³/mol. The number of carbonyl (C=O) groups excluding carboxylic acids is 1. The van der Waals surface area contributed by atoms with Crippen molar-refractivity contribution in [3.63, 3.8) is 0 Å². The molecule has 1 heterocycles. The van der Waals surface area contributed by atoms with Gasteiger partial charge in [0.2, 0.25) is 5.91 Å². The van der Waals surface area contributed by atoms with Crippen LogP contribution in [0.1, 0.15) is 37.3 Å². The molecular formula is C17H27ClN2O. The van der Waals surface area contributed by atoms with Gasteiger partial charge in [-0.25, -0.2) is 0 Å². The van der Waals surface area contributed by atoms with Crippen LogP contribution in [0, 0.1) is 12.8 Å². The summed E-state index contributed by atoms with van der Waals surface area (Å²) in [7, 11) is 0. The van der Waals surface area contributed by atoms with E-state index in [1.165, 1.54) is 17.5 Å². The Morgan fingerprint density at radius 2 is 2.00 bits per heavy atom. The minimum absolute atomic E-state index is 0. The molecule has 118 valence electrons. The molecule has 2 unspecified atom stereocenters. The Labute approximate surface area is 134 Å². The lowest BCUT2D eigenvalue weighted by Crippen LogP contribution is -2.51. The van der Waals surface area contributed by atoms with Gasteiger partial charge in [0, 0.05) is 25.6 Å². The van der Waals surface area contributed by atoms with E-state index in [4.69, 9.17) is 5.73 Å². The van der Waals surface area contributed by atoms with Crippen LogP contribution in [0.2, 0.25) is 0 Å². The molecule has 2 atom stereocenters. The summed E-state index contributed by atoms with van der Waals surface area (Å²) in [6.45, 7) is 5.74. The minimum Gasteiger partial charge on any atom is -0.338 e.